The minimum atomic E-state index is -0.433. The molecule has 36 heavy (non-hydrogen) atoms. The largest absolute Gasteiger partial charge is 0.491 e. The van der Waals surface area contributed by atoms with Gasteiger partial charge in [0.05, 0.1) is 6.04 Å². The highest BCUT2D eigenvalue weighted by Crippen LogP contribution is 2.34. The third kappa shape index (κ3) is 6.27. The molecular weight excluding hydrogens is 486 g/mol. The summed E-state index contributed by atoms with van der Waals surface area (Å²) in [7, 11) is 1.58. The normalized spacial score (nSPS) is 14.9. The molecule has 6 nitrogen and oxygen atoms in total. The first kappa shape index (κ1) is 25.8. The molecule has 4 rings (SSSR count). The van der Waals surface area contributed by atoms with Crippen molar-refractivity contribution in [3.63, 3.8) is 0 Å². The first-order valence-corrected chi connectivity index (χ1v) is 12.6. The highest BCUT2D eigenvalue weighted by atomic mass is 32.1. The van der Waals surface area contributed by atoms with Crippen LogP contribution in [0.2, 0.25) is 0 Å². The second-order valence-corrected chi connectivity index (χ2v) is 9.50. The predicted molar refractivity (Wildman–Crippen MR) is 133 cm³/mol. The van der Waals surface area contributed by atoms with Gasteiger partial charge < -0.3 is 19.3 Å². The van der Waals surface area contributed by atoms with Gasteiger partial charge in [0, 0.05) is 37.2 Å². The highest BCUT2D eigenvalue weighted by molar-refractivity contribution is 7.10. The highest BCUT2D eigenvalue weighted by Gasteiger charge is 2.33. The standard InChI is InChI=1S/C27H28F2N2O4S/c1-34-15-2-13-30(27(33)19-3-5-20(28)6-4-19)17-26(32)31-14-11-25-23(12-16-36-25)24(31)18-35-22-9-7-21(29)8-10-22/h3-10,12,16,24H,2,11,13-15,17-18H2,1H3/t24-/m1/s1. The Kier molecular flexibility index (Phi) is 8.66. The van der Waals surface area contributed by atoms with E-state index >= 15 is 0 Å². The summed E-state index contributed by atoms with van der Waals surface area (Å²) in [4.78, 5) is 31.2. The Hall–Kier alpha value is -3.30. The summed E-state index contributed by atoms with van der Waals surface area (Å²) in [5.74, 6) is -0.813. The fraction of sp³-hybridized carbons (Fsp3) is 0.333. The summed E-state index contributed by atoms with van der Waals surface area (Å²) in [5.41, 5.74) is 1.34. The lowest BCUT2D eigenvalue weighted by Gasteiger charge is -2.37. The maximum atomic E-state index is 13.6. The van der Waals surface area contributed by atoms with Crippen LogP contribution in [0.1, 0.15) is 33.3 Å². The van der Waals surface area contributed by atoms with Crippen molar-refractivity contribution >= 4 is 23.2 Å². The van der Waals surface area contributed by atoms with Gasteiger partial charge in [-0.1, -0.05) is 0 Å². The van der Waals surface area contributed by atoms with Gasteiger partial charge in [0.25, 0.3) is 5.91 Å². The third-order valence-electron chi connectivity index (χ3n) is 6.12. The van der Waals surface area contributed by atoms with Crippen molar-refractivity contribution in [1.82, 2.24) is 9.80 Å². The second-order valence-electron chi connectivity index (χ2n) is 8.50. The zero-order valence-corrected chi connectivity index (χ0v) is 20.8. The molecule has 9 heteroatoms. The van der Waals surface area contributed by atoms with Crippen LogP contribution < -0.4 is 4.74 Å². The minimum Gasteiger partial charge on any atom is -0.491 e. The summed E-state index contributed by atoms with van der Waals surface area (Å²) >= 11 is 1.65. The number of benzene rings is 2. The Morgan fingerprint density at radius 1 is 1.06 bits per heavy atom. The Labute approximate surface area is 213 Å². The van der Waals surface area contributed by atoms with Crippen molar-refractivity contribution in [1.29, 1.82) is 0 Å². The van der Waals surface area contributed by atoms with E-state index in [4.69, 9.17) is 9.47 Å². The lowest BCUT2D eigenvalue weighted by molar-refractivity contribution is -0.135. The van der Waals surface area contributed by atoms with Gasteiger partial charge in [-0.15, -0.1) is 11.3 Å². The van der Waals surface area contributed by atoms with Crippen molar-refractivity contribution in [2.45, 2.75) is 18.9 Å². The van der Waals surface area contributed by atoms with Crippen LogP contribution in [0.15, 0.2) is 60.0 Å². The number of carbonyl (C=O) groups excluding carboxylic acids is 2. The molecule has 0 spiro atoms. The summed E-state index contributed by atoms with van der Waals surface area (Å²) in [6.07, 6.45) is 1.28. The molecule has 0 aliphatic carbocycles. The van der Waals surface area contributed by atoms with E-state index in [2.05, 4.69) is 0 Å². The van der Waals surface area contributed by atoms with Crippen molar-refractivity contribution in [3.05, 3.63) is 87.6 Å². The van der Waals surface area contributed by atoms with Crippen LogP contribution in [0.4, 0.5) is 8.78 Å². The van der Waals surface area contributed by atoms with Crippen LogP contribution in [0.3, 0.4) is 0 Å². The smallest absolute Gasteiger partial charge is 0.254 e. The molecule has 1 aromatic heterocycles. The van der Waals surface area contributed by atoms with Crippen molar-refractivity contribution in [2.24, 2.45) is 0 Å². The molecule has 0 saturated heterocycles. The number of rotatable bonds is 10. The fourth-order valence-electron chi connectivity index (χ4n) is 4.26. The van der Waals surface area contributed by atoms with Crippen LogP contribution in [0.5, 0.6) is 5.75 Å². The Bertz CT molecular complexity index is 1170. The number of hydrogen-bond donors (Lipinski definition) is 0. The second kappa shape index (κ2) is 12.1. The quantitative estimate of drug-likeness (QED) is 0.368. The number of nitrogens with zero attached hydrogens (tertiary/aromatic N) is 2. The average Bonchev–Trinajstić information content (AvgIpc) is 3.37. The molecule has 0 radical (unpaired) electrons. The molecule has 0 fully saturated rings. The first-order valence-electron chi connectivity index (χ1n) is 11.7. The monoisotopic (exact) mass is 514 g/mol. The first-order chi connectivity index (χ1) is 17.5. The zero-order chi connectivity index (χ0) is 25.5. The number of methoxy groups -OCH3 is 1. The molecule has 0 bridgehead atoms. The third-order valence-corrected chi connectivity index (χ3v) is 7.11. The molecule has 1 aliphatic heterocycles. The Balaban J connectivity index is 1.51. The van der Waals surface area contributed by atoms with Gasteiger partial charge in [-0.2, -0.15) is 0 Å². The van der Waals surface area contributed by atoms with E-state index in [0.717, 1.165) is 12.0 Å². The van der Waals surface area contributed by atoms with E-state index in [1.165, 1.54) is 46.2 Å². The summed E-state index contributed by atoms with van der Waals surface area (Å²) in [6.45, 7) is 1.35. The molecule has 1 atom stereocenters. The number of thiophene rings is 1. The summed E-state index contributed by atoms with van der Waals surface area (Å²) in [6, 6.07) is 12.7. The molecule has 0 N–H and O–H groups in total. The number of hydrogen-bond acceptors (Lipinski definition) is 5. The molecule has 2 aromatic carbocycles. The van der Waals surface area contributed by atoms with Gasteiger partial charge >= 0.3 is 0 Å². The fourth-order valence-corrected chi connectivity index (χ4v) is 5.19. The molecule has 190 valence electrons. The maximum Gasteiger partial charge on any atom is 0.254 e. The van der Waals surface area contributed by atoms with Crippen LogP contribution in [-0.4, -0.2) is 61.6 Å². The van der Waals surface area contributed by atoms with E-state index < -0.39 is 5.82 Å². The molecule has 2 amide bonds. The van der Waals surface area contributed by atoms with Crippen LogP contribution >= 0.6 is 11.3 Å². The average molecular weight is 515 g/mol. The number of amides is 2. The van der Waals surface area contributed by atoms with E-state index in [9.17, 15) is 18.4 Å². The van der Waals surface area contributed by atoms with E-state index in [1.807, 2.05) is 11.4 Å². The van der Waals surface area contributed by atoms with Gasteiger partial charge in [-0.25, -0.2) is 8.78 Å². The molecule has 3 aromatic rings. The molecule has 0 saturated carbocycles. The maximum absolute atomic E-state index is 13.6. The van der Waals surface area contributed by atoms with Crippen LogP contribution in [-0.2, 0) is 16.0 Å². The van der Waals surface area contributed by atoms with Crippen molar-refractivity contribution in [3.8, 4) is 5.75 Å². The topological polar surface area (TPSA) is 59.1 Å². The number of ether oxygens (including phenoxy) is 2. The van der Waals surface area contributed by atoms with E-state index in [1.54, 1.807) is 35.5 Å². The van der Waals surface area contributed by atoms with Gasteiger partial charge in [0.1, 0.15) is 30.5 Å². The summed E-state index contributed by atoms with van der Waals surface area (Å²) < 4.78 is 37.7. The van der Waals surface area contributed by atoms with Gasteiger partial charge in [0.15, 0.2) is 0 Å². The minimum absolute atomic E-state index is 0.119. The van der Waals surface area contributed by atoms with Gasteiger partial charge in [0.2, 0.25) is 5.91 Å². The molecular formula is C27H28F2N2O4S. The SMILES string of the molecule is COCCCN(CC(=O)N1CCc2sccc2[C@H]1COc1ccc(F)cc1)C(=O)c1ccc(F)cc1. The number of fused-ring (bicyclic) bond motifs is 1. The predicted octanol–water partition coefficient (Wildman–Crippen LogP) is 4.71. The van der Waals surface area contributed by atoms with Crippen LogP contribution in [0.25, 0.3) is 0 Å². The lowest BCUT2D eigenvalue weighted by atomic mass is 10.0. The molecule has 0 unspecified atom stereocenters. The number of carbonyl (C=O) groups is 2. The Morgan fingerprint density at radius 2 is 1.75 bits per heavy atom. The Morgan fingerprint density at radius 3 is 2.44 bits per heavy atom. The van der Waals surface area contributed by atoms with Crippen molar-refractivity contribution < 1.29 is 27.8 Å². The zero-order valence-electron chi connectivity index (χ0n) is 20.0. The lowest BCUT2D eigenvalue weighted by Crippen LogP contribution is -2.48. The summed E-state index contributed by atoms with van der Waals surface area (Å²) in [5, 5.41) is 2.00. The molecule has 2 heterocycles. The van der Waals surface area contributed by atoms with Crippen molar-refractivity contribution in [2.75, 3.05) is 40.0 Å². The van der Waals surface area contributed by atoms with Crippen LogP contribution in [0, 0.1) is 11.6 Å². The number of halogens is 2. The molecule has 1 aliphatic rings. The van der Waals surface area contributed by atoms with E-state index in [-0.39, 0.29) is 36.8 Å². The van der Waals surface area contributed by atoms with Gasteiger partial charge in [-0.05, 0) is 78.4 Å². The van der Waals surface area contributed by atoms with E-state index in [0.29, 0.717) is 37.4 Å². The van der Waals surface area contributed by atoms with Gasteiger partial charge in [-0.3, -0.25) is 9.59 Å².